The van der Waals surface area contributed by atoms with Gasteiger partial charge in [0.05, 0.1) is 0 Å². The van der Waals surface area contributed by atoms with Gasteiger partial charge in [0.1, 0.15) is 5.60 Å². The molecule has 0 atom stereocenters. The van der Waals surface area contributed by atoms with Crippen LogP contribution in [-0.4, -0.2) is 40.2 Å². The van der Waals surface area contributed by atoms with Gasteiger partial charge in [-0.15, -0.1) is 0 Å². The van der Waals surface area contributed by atoms with Crippen LogP contribution in [-0.2, 0) is 19.8 Å². The van der Waals surface area contributed by atoms with Gasteiger partial charge in [-0.2, -0.15) is 0 Å². The van der Waals surface area contributed by atoms with Crippen molar-refractivity contribution in [2.24, 2.45) is 0 Å². The molecule has 35 heavy (non-hydrogen) atoms. The summed E-state index contributed by atoms with van der Waals surface area (Å²) in [6, 6.07) is 11.7. The first kappa shape index (κ1) is 27.5. The van der Waals surface area contributed by atoms with Crippen LogP contribution in [0, 0.1) is 3.57 Å². The van der Waals surface area contributed by atoms with Gasteiger partial charge in [-0.05, 0) is 20.8 Å². The third-order valence-electron chi connectivity index (χ3n) is 5.13. The van der Waals surface area contributed by atoms with Crippen LogP contribution in [0.3, 0.4) is 0 Å². The number of halogens is 5. The molecule has 0 radical (unpaired) electrons. The van der Waals surface area contributed by atoms with Crippen LogP contribution in [0.2, 0.25) is 0 Å². The van der Waals surface area contributed by atoms with E-state index in [0.717, 1.165) is 0 Å². The molecule has 194 valence electrons. The van der Waals surface area contributed by atoms with E-state index in [1.54, 1.807) is 59.9 Å². The maximum absolute atomic E-state index is 15.1. The number of alkyl halides is 5. The molecule has 0 fully saturated rings. The summed E-state index contributed by atoms with van der Waals surface area (Å²) in [6.45, 7) is 8.80. The molecule has 0 N–H and O–H groups in total. The summed E-state index contributed by atoms with van der Waals surface area (Å²) in [5, 5.41) is 0. The fourth-order valence-corrected chi connectivity index (χ4v) is 8.46. The Labute approximate surface area is 210 Å². The number of amides is 1. The molecule has 0 saturated heterocycles. The quantitative estimate of drug-likeness (QED) is 0.189. The van der Waals surface area contributed by atoms with Crippen LogP contribution in [0.1, 0.15) is 45.7 Å². The molecular weight excluding hydrogens is 581 g/mol. The molecule has 0 aliphatic carbocycles. The Morgan fingerprint density at radius 2 is 1.63 bits per heavy atom. The van der Waals surface area contributed by atoms with Gasteiger partial charge in [0.15, 0.2) is 0 Å². The Morgan fingerprint density at radius 1 is 1.03 bits per heavy atom. The first-order valence-corrected chi connectivity index (χ1v) is 14.0. The van der Waals surface area contributed by atoms with Crippen molar-refractivity contribution >= 4 is 26.3 Å². The molecule has 0 saturated carbocycles. The van der Waals surface area contributed by atoms with E-state index in [0.29, 0.717) is 24.1 Å². The number of hydrogen-bond acceptors (Lipinski definition) is 4. The number of benzene rings is 2. The maximum atomic E-state index is 15.1. The third kappa shape index (κ3) is 6.19. The SMILES string of the molecule is CN(CCc1ccc(OC(F)(F)C(F)(F)I2OC(C)(C)c3ccccc32)cc1)C(=O)OC(C)(C)C. The van der Waals surface area contributed by atoms with Crippen molar-refractivity contribution in [2.45, 2.75) is 62.3 Å². The zero-order valence-corrected chi connectivity index (χ0v) is 22.7. The second-order valence-electron chi connectivity index (χ2n) is 9.73. The number of likely N-dealkylation sites (N-methyl/N-ethyl adjacent to an activating group) is 1. The minimum atomic E-state index is -4.76. The predicted molar refractivity (Wildman–Crippen MR) is 133 cm³/mol. The van der Waals surface area contributed by atoms with Gasteiger partial charge in [-0.1, -0.05) is 0 Å². The van der Waals surface area contributed by atoms with E-state index in [-0.39, 0.29) is 9.32 Å². The van der Waals surface area contributed by atoms with Gasteiger partial charge in [-0.25, -0.2) is 0 Å². The summed E-state index contributed by atoms with van der Waals surface area (Å²) in [7, 11) is 1.59. The van der Waals surface area contributed by atoms with Crippen LogP contribution in [0.15, 0.2) is 48.5 Å². The molecule has 0 spiro atoms. The molecule has 2 aromatic rings. The molecule has 1 aliphatic rings. The normalized spacial score (nSPS) is 16.6. The molecule has 3 rings (SSSR count). The molecule has 1 heterocycles. The van der Waals surface area contributed by atoms with E-state index in [1.807, 2.05) is 0 Å². The van der Waals surface area contributed by atoms with E-state index in [1.165, 1.54) is 35.2 Å². The minimum absolute atomic E-state index is 0.166. The molecule has 0 aromatic heterocycles. The van der Waals surface area contributed by atoms with Crippen molar-refractivity contribution in [1.82, 2.24) is 4.90 Å². The fraction of sp³-hybridized carbons (Fsp3) is 0.480. The standard InChI is InChI=1S/C25H30F4INO4/c1-22(2,3)34-21(32)31(6)16-15-17-11-13-18(14-12-17)33-25(28,29)24(26,27)30-20-10-8-7-9-19(20)23(4,5)35-30/h7-14H,15-16H2,1-6H3. The Hall–Kier alpha value is -2.08. The summed E-state index contributed by atoms with van der Waals surface area (Å²) < 4.78 is 70.8. The molecular formula is C25H30F4INO4. The summed E-state index contributed by atoms with van der Waals surface area (Å²) in [5.74, 6) is -0.387. The van der Waals surface area contributed by atoms with Gasteiger partial charge in [0.25, 0.3) is 0 Å². The van der Waals surface area contributed by atoms with Gasteiger partial charge in [0.2, 0.25) is 0 Å². The van der Waals surface area contributed by atoms with Crippen molar-refractivity contribution in [1.29, 1.82) is 0 Å². The average molecular weight is 611 g/mol. The van der Waals surface area contributed by atoms with Gasteiger partial charge >= 0.3 is 185 Å². The van der Waals surface area contributed by atoms with E-state index in [2.05, 4.69) is 4.74 Å². The number of carbonyl (C=O) groups is 1. The minimum Gasteiger partial charge on any atom is -0.0253 e. The van der Waals surface area contributed by atoms with Crippen molar-refractivity contribution < 1.29 is 34.9 Å². The fourth-order valence-electron chi connectivity index (χ4n) is 3.31. The smallest absolute Gasteiger partial charge is 0.0253 e. The van der Waals surface area contributed by atoms with Gasteiger partial charge in [-0.3, -0.25) is 0 Å². The van der Waals surface area contributed by atoms with Crippen molar-refractivity contribution in [3.8, 4) is 5.75 Å². The van der Waals surface area contributed by atoms with Gasteiger partial charge < -0.3 is 0 Å². The summed E-state index contributed by atoms with van der Waals surface area (Å²) >= 11 is -4.12. The molecule has 0 unspecified atom stereocenters. The van der Waals surface area contributed by atoms with Crippen LogP contribution < -0.4 is 4.74 Å². The second-order valence-corrected chi connectivity index (χ2v) is 14.1. The van der Waals surface area contributed by atoms with Crippen LogP contribution in [0.25, 0.3) is 0 Å². The number of ether oxygens (including phenoxy) is 2. The zero-order chi connectivity index (χ0) is 26.2. The molecule has 1 amide bonds. The van der Waals surface area contributed by atoms with E-state index in [4.69, 9.17) is 7.80 Å². The number of rotatable bonds is 7. The Morgan fingerprint density at radius 3 is 2.23 bits per heavy atom. The van der Waals surface area contributed by atoms with Gasteiger partial charge in [0, 0.05) is 0 Å². The van der Waals surface area contributed by atoms with Crippen LogP contribution in [0.5, 0.6) is 5.75 Å². The molecule has 2 aromatic carbocycles. The predicted octanol–water partition coefficient (Wildman–Crippen LogP) is 7.22. The second kappa shape index (κ2) is 9.76. The first-order valence-electron chi connectivity index (χ1n) is 11.0. The van der Waals surface area contributed by atoms with E-state index in [9.17, 15) is 13.6 Å². The monoisotopic (exact) mass is 611 g/mol. The van der Waals surface area contributed by atoms with Crippen molar-refractivity contribution in [2.75, 3.05) is 13.6 Å². The molecule has 10 heteroatoms. The number of hydrogen-bond donors (Lipinski definition) is 0. The number of carbonyl (C=O) groups excluding carboxylic acids is 1. The Kier molecular flexibility index (Phi) is 7.67. The first-order chi connectivity index (χ1) is 16.0. The van der Waals surface area contributed by atoms with Crippen LogP contribution >= 0.6 is 20.2 Å². The number of fused-ring (bicyclic) bond motifs is 1. The topological polar surface area (TPSA) is 48.0 Å². The molecule has 1 aliphatic heterocycles. The zero-order valence-electron chi connectivity index (χ0n) is 20.5. The molecule has 0 bridgehead atoms. The Bertz CT molecular complexity index is 1050. The summed E-state index contributed by atoms with van der Waals surface area (Å²) in [6.07, 6.45) is -4.83. The van der Waals surface area contributed by atoms with Crippen molar-refractivity contribution in [3.63, 3.8) is 0 Å². The van der Waals surface area contributed by atoms with Crippen LogP contribution in [0.4, 0.5) is 22.4 Å². The number of nitrogens with zero attached hydrogens (tertiary/aromatic N) is 1. The molecule has 5 nitrogen and oxygen atoms in total. The average Bonchev–Trinajstić information content (AvgIpc) is 3.03. The summed E-state index contributed by atoms with van der Waals surface area (Å²) in [4.78, 5) is 13.4. The van der Waals surface area contributed by atoms with E-state index >= 15 is 8.78 Å². The van der Waals surface area contributed by atoms with E-state index < -0.39 is 47.6 Å². The van der Waals surface area contributed by atoms with Crippen molar-refractivity contribution in [3.05, 3.63) is 63.2 Å². The Balaban J connectivity index is 1.66. The third-order valence-corrected chi connectivity index (χ3v) is 10.5. The summed E-state index contributed by atoms with van der Waals surface area (Å²) in [5.41, 5.74) is -0.480.